The Hall–Kier alpha value is -4.35. The van der Waals surface area contributed by atoms with E-state index in [2.05, 4.69) is 52.3 Å². The van der Waals surface area contributed by atoms with Gasteiger partial charge in [0.2, 0.25) is 0 Å². The summed E-state index contributed by atoms with van der Waals surface area (Å²) in [6.45, 7) is 13.2. The SMILES string of the molecule is Cc1cc2nc(-c3cc(-c4ccc5c(c4)c(C)nn5C)nc(N4CCN(C)CC4)c3)sc2c(-c2ccc(Cl)cc2)c1C(OC(C)(C)C)C(=O)O. The summed E-state index contributed by atoms with van der Waals surface area (Å²) in [6.07, 6.45) is -1.18. The lowest BCUT2D eigenvalue weighted by molar-refractivity contribution is -0.160. The number of pyridine rings is 1. The molecule has 3 aromatic carbocycles. The number of carboxylic acids is 1. The van der Waals surface area contributed by atoms with Crippen LogP contribution in [0.3, 0.4) is 0 Å². The van der Waals surface area contributed by atoms with Crippen LogP contribution < -0.4 is 4.90 Å². The summed E-state index contributed by atoms with van der Waals surface area (Å²) in [4.78, 5) is 27.9. The molecule has 0 bridgehead atoms. The third kappa shape index (κ3) is 6.60. The fourth-order valence-electron chi connectivity index (χ4n) is 6.75. The minimum atomic E-state index is -1.18. The van der Waals surface area contributed by atoms with Gasteiger partial charge in [-0.2, -0.15) is 5.10 Å². The van der Waals surface area contributed by atoms with E-state index in [4.69, 9.17) is 26.3 Å². The number of carbonyl (C=O) groups is 1. The number of ether oxygens (including phenoxy) is 1. The molecule has 7 rings (SSSR count). The topological polar surface area (TPSA) is 96.6 Å². The minimum absolute atomic E-state index is 0.602. The lowest BCUT2D eigenvalue weighted by Gasteiger charge is -2.33. The quantitative estimate of drug-likeness (QED) is 0.176. The Bertz CT molecular complexity index is 2250. The predicted molar refractivity (Wildman–Crippen MR) is 203 cm³/mol. The molecule has 258 valence electrons. The lowest BCUT2D eigenvalue weighted by Crippen LogP contribution is -2.44. The number of halogens is 1. The van der Waals surface area contributed by atoms with Gasteiger partial charge in [0.15, 0.2) is 6.10 Å². The standard InChI is InChI=1S/C39H41ClN6O3S/c1-22-18-30-36(34(24-8-11-27(40)12-9-24)33(22)35(38(47)48)49-39(3,4)5)50-37(42-30)26-20-29(41-32(21-26)46-16-14-44(6)15-17-46)25-10-13-31-28(19-25)23(2)43-45(31)7/h8-13,18-21,35H,14-17H2,1-7H3,(H,47,48). The number of anilines is 1. The predicted octanol–water partition coefficient (Wildman–Crippen LogP) is 8.54. The van der Waals surface area contributed by atoms with Crippen molar-refractivity contribution in [1.29, 1.82) is 0 Å². The number of aliphatic carboxylic acids is 1. The summed E-state index contributed by atoms with van der Waals surface area (Å²) in [5.74, 6) is -0.133. The molecule has 11 heteroatoms. The fourth-order valence-corrected chi connectivity index (χ4v) is 7.99. The fraction of sp³-hybridized carbons (Fsp3) is 0.333. The van der Waals surface area contributed by atoms with Crippen molar-refractivity contribution in [3.8, 4) is 33.0 Å². The van der Waals surface area contributed by atoms with Crippen molar-refractivity contribution in [1.82, 2.24) is 24.6 Å². The van der Waals surface area contributed by atoms with Gasteiger partial charge in [0.25, 0.3) is 0 Å². The molecule has 1 N–H and O–H groups in total. The number of aryl methyl sites for hydroxylation is 3. The molecule has 0 amide bonds. The van der Waals surface area contributed by atoms with Gasteiger partial charge in [-0.15, -0.1) is 11.3 Å². The second-order valence-corrected chi connectivity index (χ2v) is 15.6. The maximum absolute atomic E-state index is 12.8. The van der Waals surface area contributed by atoms with Gasteiger partial charge in [-0.25, -0.2) is 14.8 Å². The van der Waals surface area contributed by atoms with Crippen molar-refractivity contribution < 1.29 is 14.6 Å². The maximum Gasteiger partial charge on any atom is 0.337 e. The highest BCUT2D eigenvalue weighted by molar-refractivity contribution is 7.22. The van der Waals surface area contributed by atoms with E-state index in [1.54, 1.807) is 11.3 Å². The molecule has 50 heavy (non-hydrogen) atoms. The normalized spacial score (nSPS) is 14.9. The third-order valence-electron chi connectivity index (χ3n) is 9.24. The Morgan fingerprint density at radius 2 is 1.62 bits per heavy atom. The van der Waals surface area contributed by atoms with Gasteiger partial charge >= 0.3 is 5.97 Å². The first kappa shape index (κ1) is 34.1. The number of aromatic nitrogens is 4. The van der Waals surface area contributed by atoms with Crippen LogP contribution in [0.15, 0.2) is 60.7 Å². The molecular weight excluding hydrogens is 668 g/mol. The van der Waals surface area contributed by atoms with Crippen LogP contribution >= 0.6 is 22.9 Å². The van der Waals surface area contributed by atoms with E-state index in [9.17, 15) is 9.90 Å². The molecule has 6 aromatic rings. The van der Waals surface area contributed by atoms with E-state index >= 15 is 0 Å². The number of nitrogens with zero attached hydrogens (tertiary/aromatic N) is 6. The molecule has 0 spiro atoms. The number of thiazole rings is 1. The lowest BCUT2D eigenvalue weighted by atomic mass is 9.91. The zero-order chi connectivity index (χ0) is 35.5. The van der Waals surface area contributed by atoms with Gasteiger partial charge < -0.3 is 19.6 Å². The molecule has 1 aliphatic rings. The number of likely N-dealkylation sites (N-methyl/N-ethyl adjacent to an activating group) is 1. The Labute approximate surface area is 301 Å². The van der Waals surface area contributed by atoms with E-state index in [0.717, 1.165) is 97.3 Å². The number of hydrogen-bond acceptors (Lipinski definition) is 8. The summed E-state index contributed by atoms with van der Waals surface area (Å²) in [5, 5.41) is 17.7. The molecular formula is C39H41ClN6O3S. The smallest absolute Gasteiger partial charge is 0.337 e. The van der Waals surface area contributed by atoms with E-state index in [1.807, 2.05) is 76.7 Å². The average molecular weight is 709 g/mol. The number of rotatable bonds is 7. The molecule has 1 atom stereocenters. The van der Waals surface area contributed by atoms with Crippen LogP contribution in [-0.2, 0) is 16.6 Å². The first-order valence-corrected chi connectivity index (χ1v) is 18.0. The summed E-state index contributed by atoms with van der Waals surface area (Å²) < 4.78 is 9.02. The van der Waals surface area contributed by atoms with Crippen LogP contribution in [0.25, 0.3) is 54.1 Å². The van der Waals surface area contributed by atoms with Crippen LogP contribution in [0.4, 0.5) is 5.82 Å². The summed E-state index contributed by atoms with van der Waals surface area (Å²) in [5.41, 5.74) is 8.04. The molecule has 9 nitrogen and oxygen atoms in total. The number of piperazine rings is 1. The van der Waals surface area contributed by atoms with Crippen molar-refractivity contribution in [3.05, 3.63) is 82.5 Å². The van der Waals surface area contributed by atoms with Crippen molar-refractivity contribution in [2.45, 2.75) is 46.3 Å². The minimum Gasteiger partial charge on any atom is -0.479 e. The number of hydrogen-bond donors (Lipinski definition) is 1. The molecule has 0 saturated carbocycles. The van der Waals surface area contributed by atoms with E-state index in [1.165, 1.54) is 0 Å². The largest absolute Gasteiger partial charge is 0.479 e. The van der Waals surface area contributed by atoms with Crippen molar-refractivity contribution in [2.24, 2.45) is 7.05 Å². The number of fused-ring (bicyclic) bond motifs is 2. The molecule has 4 heterocycles. The monoisotopic (exact) mass is 708 g/mol. The van der Waals surface area contributed by atoms with Gasteiger partial charge in [-0.3, -0.25) is 4.68 Å². The molecule has 3 aromatic heterocycles. The second kappa shape index (κ2) is 13.1. The highest BCUT2D eigenvalue weighted by Gasteiger charge is 2.32. The van der Waals surface area contributed by atoms with Gasteiger partial charge in [-0.1, -0.05) is 29.8 Å². The second-order valence-electron chi connectivity index (χ2n) is 14.1. The zero-order valence-electron chi connectivity index (χ0n) is 29.4. The summed E-state index contributed by atoms with van der Waals surface area (Å²) >= 11 is 7.87. The van der Waals surface area contributed by atoms with E-state index in [0.29, 0.717) is 10.6 Å². The summed E-state index contributed by atoms with van der Waals surface area (Å²) in [7, 11) is 4.11. The van der Waals surface area contributed by atoms with Gasteiger partial charge in [0.05, 0.1) is 32.7 Å². The van der Waals surface area contributed by atoms with Gasteiger partial charge in [-0.05, 0) is 95.3 Å². The highest BCUT2D eigenvalue weighted by Crippen LogP contribution is 2.45. The van der Waals surface area contributed by atoms with Crippen molar-refractivity contribution in [2.75, 3.05) is 38.1 Å². The Kier molecular flexibility index (Phi) is 8.92. The molecule has 1 aliphatic heterocycles. The molecule has 0 radical (unpaired) electrons. The van der Waals surface area contributed by atoms with Gasteiger partial charge in [0, 0.05) is 65.9 Å². The number of benzene rings is 3. The van der Waals surface area contributed by atoms with Crippen LogP contribution in [0.1, 0.15) is 43.7 Å². The van der Waals surface area contributed by atoms with E-state index in [-0.39, 0.29) is 0 Å². The molecule has 1 saturated heterocycles. The first-order chi connectivity index (χ1) is 23.8. The summed E-state index contributed by atoms with van der Waals surface area (Å²) in [6, 6.07) is 20.1. The third-order valence-corrected chi connectivity index (χ3v) is 10.6. The van der Waals surface area contributed by atoms with Crippen molar-refractivity contribution in [3.63, 3.8) is 0 Å². The molecule has 1 unspecified atom stereocenters. The molecule has 1 fully saturated rings. The van der Waals surface area contributed by atoms with Crippen LogP contribution in [0.5, 0.6) is 0 Å². The average Bonchev–Trinajstić information content (AvgIpc) is 3.62. The van der Waals surface area contributed by atoms with Crippen LogP contribution in [0.2, 0.25) is 5.02 Å². The Morgan fingerprint density at radius 3 is 2.30 bits per heavy atom. The maximum atomic E-state index is 12.8. The first-order valence-electron chi connectivity index (χ1n) is 16.8. The van der Waals surface area contributed by atoms with Crippen molar-refractivity contribution >= 4 is 55.8 Å². The molecule has 0 aliphatic carbocycles. The van der Waals surface area contributed by atoms with Crippen LogP contribution in [-0.4, -0.2) is 74.6 Å². The Morgan fingerprint density at radius 1 is 0.920 bits per heavy atom. The number of carboxylic acid groups (broad SMARTS) is 1. The van der Waals surface area contributed by atoms with E-state index < -0.39 is 17.7 Å². The Balaban J connectivity index is 1.44. The van der Waals surface area contributed by atoms with Gasteiger partial charge in [0.1, 0.15) is 10.8 Å². The zero-order valence-corrected chi connectivity index (χ0v) is 31.0. The van der Waals surface area contributed by atoms with Crippen LogP contribution in [0, 0.1) is 13.8 Å². The highest BCUT2D eigenvalue weighted by atomic mass is 35.5.